The normalized spacial score (nSPS) is 29.6. The minimum Gasteiger partial charge on any atom is -0.333 e. The van der Waals surface area contributed by atoms with Crippen molar-refractivity contribution in [3.05, 3.63) is 33.8 Å². The summed E-state index contributed by atoms with van der Waals surface area (Å²) in [7, 11) is 0. The van der Waals surface area contributed by atoms with Gasteiger partial charge in [-0.3, -0.25) is 4.79 Å². The number of fused-ring (bicyclic) bond motifs is 2. The van der Waals surface area contributed by atoms with Crippen LogP contribution in [0, 0.1) is 6.92 Å². The first-order valence-electron chi connectivity index (χ1n) is 6.79. The van der Waals surface area contributed by atoms with E-state index in [0.29, 0.717) is 16.9 Å². The van der Waals surface area contributed by atoms with E-state index in [1.54, 1.807) is 0 Å². The summed E-state index contributed by atoms with van der Waals surface area (Å²) < 4.78 is 1.03. The molecule has 2 nitrogen and oxygen atoms in total. The molecule has 2 saturated heterocycles. The number of amides is 1. The largest absolute Gasteiger partial charge is 0.333 e. The highest BCUT2D eigenvalue weighted by Crippen LogP contribution is 2.39. The molecule has 0 aromatic heterocycles. The van der Waals surface area contributed by atoms with Gasteiger partial charge in [-0.15, -0.1) is 0 Å². The van der Waals surface area contributed by atoms with Gasteiger partial charge in [0.15, 0.2) is 0 Å². The lowest BCUT2D eigenvalue weighted by molar-refractivity contribution is 0.0603. The second-order valence-corrected chi connectivity index (χ2v) is 7.84. The maximum absolute atomic E-state index is 12.8. The minimum atomic E-state index is 0.219. The molecule has 2 bridgehead atoms. The third-order valence-corrected chi connectivity index (χ3v) is 5.57. The lowest BCUT2D eigenvalue weighted by Crippen LogP contribution is -2.47. The van der Waals surface area contributed by atoms with Crippen molar-refractivity contribution in [3.63, 3.8) is 0 Å². The van der Waals surface area contributed by atoms with Gasteiger partial charge in [-0.05, 0) is 56.4 Å². The lowest BCUT2D eigenvalue weighted by Gasteiger charge is -2.37. The standard InChI is InChI=1S/C15H17Br2NO/c1-9-6-10(16)2-5-14(9)15(19)18-12-3-4-13(18)8-11(17)7-12/h2,5-6,11-13H,3-4,7-8H2,1H3. The Balaban J connectivity index is 1.88. The third kappa shape index (κ3) is 2.49. The van der Waals surface area contributed by atoms with E-state index in [0.717, 1.165) is 41.3 Å². The second-order valence-electron chi connectivity index (χ2n) is 5.63. The van der Waals surface area contributed by atoms with Crippen molar-refractivity contribution >= 4 is 37.8 Å². The maximum atomic E-state index is 12.8. The smallest absolute Gasteiger partial charge is 0.254 e. The highest BCUT2D eigenvalue weighted by Gasteiger charge is 2.42. The number of hydrogen-bond donors (Lipinski definition) is 0. The molecular weight excluding hydrogens is 370 g/mol. The summed E-state index contributed by atoms with van der Waals surface area (Å²) in [6.45, 7) is 2.01. The van der Waals surface area contributed by atoms with E-state index in [2.05, 4.69) is 36.8 Å². The lowest BCUT2D eigenvalue weighted by atomic mass is 10.00. The van der Waals surface area contributed by atoms with Crippen molar-refractivity contribution in [2.75, 3.05) is 0 Å². The molecule has 2 unspecified atom stereocenters. The number of carbonyl (C=O) groups excluding carboxylic acids is 1. The van der Waals surface area contributed by atoms with E-state index in [1.807, 2.05) is 25.1 Å². The van der Waals surface area contributed by atoms with Crippen molar-refractivity contribution in [1.82, 2.24) is 4.90 Å². The molecule has 4 heteroatoms. The Kier molecular flexibility index (Phi) is 3.73. The molecule has 2 heterocycles. The molecule has 19 heavy (non-hydrogen) atoms. The Hall–Kier alpha value is -0.350. The average Bonchev–Trinajstić information content (AvgIpc) is 2.61. The van der Waals surface area contributed by atoms with Crippen LogP contribution in [0.5, 0.6) is 0 Å². The van der Waals surface area contributed by atoms with Gasteiger partial charge >= 0.3 is 0 Å². The molecule has 102 valence electrons. The van der Waals surface area contributed by atoms with Gasteiger partial charge < -0.3 is 4.90 Å². The fourth-order valence-electron chi connectivity index (χ4n) is 3.45. The van der Waals surface area contributed by atoms with Crippen molar-refractivity contribution in [3.8, 4) is 0 Å². The second kappa shape index (κ2) is 5.21. The number of nitrogens with zero attached hydrogens (tertiary/aromatic N) is 1. The van der Waals surface area contributed by atoms with Crippen LogP contribution in [0.4, 0.5) is 0 Å². The van der Waals surface area contributed by atoms with E-state index < -0.39 is 0 Å². The topological polar surface area (TPSA) is 20.3 Å². The number of halogens is 2. The quantitative estimate of drug-likeness (QED) is 0.659. The molecule has 0 spiro atoms. The summed E-state index contributed by atoms with van der Waals surface area (Å²) in [4.78, 5) is 15.5. The summed E-state index contributed by atoms with van der Waals surface area (Å²) in [6.07, 6.45) is 4.51. The monoisotopic (exact) mass is 385 g/mol. The van der Waals surface area contributed by atoms with Gasteiger partial charge in [0.2, 0.25) is 0 Å². The molecule has 2 atom stereocenters. The molecule has 0 aliphatic carbocycles. The number of benzene rings is 1. The molecule has 2 aliphatic heterocycles. The summed E-state index contributed by atoms with van der Waals surface area (Å²) in [5, 5.41) is 0. The van der Waals surface area contributed by atoms with Crippen LogP contribution in [0.3, 0.4) is 0 Å². The van der Waals surface area contributed by atoms with E-state index >= 15 is 0 Å². The zero-order valence-electron chi connectivity index (χ0n) is 10.9. The number of hydrogen-bond acceptors (Lipinski definition) is 1. The number of piperidine rings is 1. The number of rotatable bonds is 1. The van der Waals surface area contributed by atoms with Crippen molar-refractivity contribution in [2.24, 2.45) is 0 Å². The van der Waals surface area contributed by atoms with E-state index in [9.17, 15) is 4.79 Å². The van der Waals surface area contributed by atoms with E-state index in [4.69, 9.17) is 0 Å². The van der Waals surface area contributed by atoms with E-state index in [-0.39, 0.29) is 5.91 Å². The molecule has 1 amide bonds. The van der Waals surface area contributed by atoms with Crippen molar-refractivity contribution < 1.29 is 4.79 Å². The SMILES string of the molecule is Cc1cc(Br)ccc1C(=O)N1C2CCC1CC(Br)C2. The average molecular weight is 387 g/mol. The fraction of sp³-hybridized carbons (Fsp3) is 0.533. The van der Waals surface area contributed by atoms with Crippen LogP contribution in [-0.2, 0) is 0 Å². The molecule has 0 saturated carbocycles. The number of aryl methyl sites for hydroxylation is 1. The first kappa shape index (κ1) is 13.6. The van der Waals surface area contributed by atoms with Gasteiger partial charge in [0.1, 0.15) is 0 Å². The zero-order chi connectivity index (χ0) is 13.6. The van der Waals surface area contributed by atoms with Gasteiger partial charge in [-0.2, -0.15) is 0 Å². The molecule has 2 aliphatic rings. The highest BCUT2D eigenvalue weighted by atomic mass is 79.9. The van der Waals surface area contributed by atoms with Crippen molar-refractivity contribution in [2.45, 2.75) is 49.5 Å². The molecular formula is C15H17Br2NO. The Bertz CT molecular complexity index is 503. The molecule has 0 N–H and O–H groups in total. The summed E-state index contributed by atoms with van der Waals surface area (Å²) in [6, 6.07) is 6.78. The van der Waals surface area contributed by atoms with Gasteiger partial charge in [0.25, 0.3) is 5.91 Å². The van der Waals surface area contributed by atoms with Gasteiger partial charge in [0.05, 0.1) is 0 Å². The predicted molar refractivity (Wildman–Crippen MR) is 83.8 cm³/mol. The van der Waals surface area contributed by atoms with Crippen molar-refractivity contribution in [1.29, 1.82) is 0 Å². The van der Waals surface area contributed by atoms with E-state index in [1.165, 1.54) is 0 Å². The molecule has 0 radical (unpaired) electrons. The van der Waals surface area contributed by atoms with Crippen LogP contribution >= 0.6 is 31.9 Å². The number of carbonyl (C=O) groups is 1. The first-order chi connectivity index (χ1) is 9.06. The molecule has 1 aromatic carbocycles. The Morgan fingerprint density at radius 2 is 1.89 bits per heavy atom. The third-order valence-electron chi connectivity index (χ3n) is 4.33. The summed E-state index contributed by atoms with van der Waals surface area (Å²) in [5.74, 6) is 0.219. The van der Waals surface area contributed by atoms with Crippen LogP contribution in [0.1, 0.15) is 41.6 Å². The van der Waals surface area contributed by atoms with Crippen LogP contribution in [0.2, 0.25) is 0 Å². The van der Waals surface area contributed by atoms with Gasteiger partial charge in [-0.25, -0.2) is 0 Å². The highest BCUT2D eigenvalue weighted by molar-refractivity contribution is 9.10. The molecule has 1 aromatic rings. The van der Waals surface area contributed by atoms with Gasteiger partial charge in [0, 0.05) is 26.9 Å². The maximum Gasteiger partial charge on any atom is 0.254 e. The zero-order valence-corrected chi connectivity index (χ0v) is 14.1. The first-order valence-corrected chi connectivity index (χ1v) is 8.50. The molecule has 3 rings (SSSR count). The Morgan fingerprint density at radius 1 is 1.26 bits per heavy atom. The van der Waals surface area contributed by atoms with Crippen LogP contribution in [0.25, 0.3) is 0 Å². The summed E-state index contributed by atoms with van der Waals surface area (Å²) >= 11 is 7.18. The predicted octanol–water partition coefficient (Wildman–Crippen LogP) is 4.29. The molecule has 2 fully saturated rings. The fourth-order valence-corrected chi connectivity index (χ4v) is 4.79. The van der Waals surface area contributed by atoms with Crippen LogP contribution < -0.4 is 0 Å². The van der Waals surface area contributed by atoms with Crippen LogP contribution in [-0.4, -0.2) is 27.7 Å². The Morgan fingerprint density at radius 3 is 2.47 bits per heavy atom. The summed E-state index contributed by atoms with van der Waals surface area (Å²) in [5.41, 5.74) is 1.91. The van der Waals surface area contributed by atoms with Gasteiger partial charge in [-0.1, -0.05) is 31.9 Å². The number of alkyl halides is 1. The Labute approximate surface area is 130 Å². The minimum absolute atomic E-state index is 0.219. The van der Waals surface area contributed by atoms with Crippen LogP contribution in [0.15, 0.2) is 22.7 Å².